The number of nitrogens with zero attached hydrogens (tertiary/aromatic N) is 1. The largest absolute Gasteiger partial charge is 0.282 e. The second-order valence-electron chi connectivity index (χ2n) is 4.04. The Morgan fingerprint density at radius 1 is 0.944 bits per heavy atom. The van der Waals surface area contributed by atoms with E-state index < -0.39 is 0 Å². The monoisotopic (exact) mass is 299 g/mol. The summed E-state index contributed by atoms with van der Waals surface area (Å²) in [5.74, 6) is -0.0162. The van der Waals surface area contributed by atoms with Crippen LogP contribution in [0.1, 0.15) is 10.4 Å². The highest BCUT2D eigenvalue weighted by Gasteiger charge is 2.13. The van der Waals surface area contributed by atoms with E-state index in [0.29, 0.717) is 5.56 Å². The first-order valence-corrected chi connectivity index (χ1v) is 6.42. The lowest BCUT2D eigenvalue weighted by molar-refractivity contribution is 0.0965. The Hall–Kier alpha value is -1.87. The van der Waals surface area contributed by atoms with Gasteiger partial charge in [0.25, 0.3) is 5.91 Å². The van der Waals surface area contributed by atoms with Gasteiger partial charge in [0, 0.05) is 21.6 Å². The maximum atomic E-state index is 12.4. The van der Waals surface area contributed by atoms with Crippen LogP contribution in [0.4, 0.5) is 0 Å². The molecule has 0 saturated heterocycles. The molecule has 0 aliphatic rings. The van der Waals surface area contributed by atoms with Crippen molar-refractivity contribution in [2.24, 2.45) is 0 Å². The Balaban J connectivity index is 2.19. The van der Waals surface area contributed by atoms with Crippen LogP contribution in [0.5, 0.6) is 0 Å². The molecule has 0 radical (unpaired) electrons. The van der Waals surface area contributed by atoms with Crippen molar-refractivity contribution < 1.29 is 4.79 Å². The molecule has 0 N–H and O–H groups in total. The zero-order chi connectivity index (χ0) is 12.5. The van der Waals surface area contributed by atoms with E-state index >= 15 is 0 Å². The molecule has 2 aromatic carbocycles. The lowest BCUT2D eigenvalue weighted by atomic mass is 10.2. The van der Waals surface area contributed by atoms with Gasteiger partial charge in [-0.3, -0.25) is 9.36 Å². The molecule has 3 aromatic rings. The van der Waals surface area contributed by atoms with Gasteiger partial charge in [-0.2, -0.15) is 0 Å². The molecule has 0 amide bonds. The number of hydrogen-bond donors (Lipinski definition) is 0. The summed E-state index contributed by atoms with van der Waals surface area (Å²) in [4.78, 5) is 12.4. The Labute approximate surface area is 113 Å². The van der Waals surface area contributed by atoms with Crippen LogP contribution < -0.4 is 0 Å². The van der Waals surface area contributed by atoms with Crippen LogP contribution in [0.3, 0.4) is 0 Å². The molecule has 0 atom stereocenters. The molecule has 0 bridgehead atoms. The van der Waals surface area contributed by atoms with Gasteiger partial charge >= 0.3 is 0 Å². The van der Waals surface area contributed by atoms with Gasteiger partial charge in [-0.15, -0.1) is 0 Å². The van der Waals surface area contributed by atoms with Crippen molar-refractivity contribution in [3.8, 4) is 0 Å². The quantitative estimate of drug-likeness (QED) is 0.663. The third-order valence-corrected chi connectivity index (χ3v) is 3.53. The smallest absolute Gasteiger partial charge is 0.262 e. The number of carbonyl (C=O) groups is 1. The molecule has 0 aliphatic heterocycles. The summed E-state index contributed by atoms with van der Waals surface area (Å²) in [7, 11) is 0. The molecule has 2 nitrogen and oxygen atoms in total. The highest BCUT2D eigenvalue weighted by Crippen LogP contribution is 2.26. The number of hydrogen-bond acceptors (Lipinski definition) is 1. The number of para-hydroxylation sites is 1. The Morgan fingerprint density at radius 2 is 1.61 bits per heavy atom. The first-order chi connectivity index (χ1) is 8.77. The number of halogens is 1. The number of rotatable bonds is 1. The van der Waals surface area contributed by atoms with Crippen molar-refractivity contribution in [2.45, 2.75) is 0 Å². The predicted molar refractivity (Wildman–Crippen MR) is 75.8 cm³/mol. The van der Waals surface area contributed by atoms with Crippen molar-refractivity contribution in [1.29, 1.82) is 0 Å². The predicted octanol–water partition coefficient (Wildman–Crippen LogP) is 4.09. The molecule has 0 fully saturated rings. The average molecular weight is 300 g/mol. The fraction of sp³-hybridized carbons (Fsp3) is 0. The standard InChI is InChI=1S/C15H10BrNO/c16-13-10-17(14-9-5-4-8-12(13)14)15(18)11-6-2-1-3-7-11/h1-10H. The van der Waals surface area contributed by atoms with Crippen LogP contribution in [0.15, 0.2) is 65.3 Å². The lowest BCUT2D eigenvalue weighted by Crippen LogP contribution is -2.10. The van der Waals surface area contributed by atoms with E-state index in [9.17, 15) is 4.79 Å². The average Bonchev–Trinajstić information content (AvgIpc) is 2.77. The van der Waals surface area contributed by atoms with E-state index in [1.165, 1.54) is 0 Å². The van der Waals surface area contributed by atoms with Gasteiger partial charge in [0.1, 0.15) is 0 Å². The van der Waals surface area contributed by atoms with Crippen LogP contribution in [-0.4, -0.2) is 10.5 Å². The number of fused-ring (bicyclic) bond motifs is 1. The lowest BCUT2D eigenvalue weighted by Gasteiger charge is -2.03. The summed E-state index contributed by atoms with van der Waals surface area (Å²) in [5, 5.41) is 1.04. The van der Waals surface area contributed by atoms with Crippen LogP contribution in [0.2, 0.25) is 0 Å². The molecular formula is C15H10BrNO. The maximum Gasteiger partial charge on any atom is 0.262 e. The summed E-state index contributed by atoms with van der Waals surface area (Å²) in [6, 6.07) is 17.1. The van der Waals surface area contributed by atoms with Gasteiger partial charge in [0.15, 0.2) is 0 Å². The SMILES string of the molecule is O=C(c1ccccc1)n1cc(Br)c2ccccc21. The van der Waals surface area contributed by atoms with Gasteiger partial charge in [0.2, 0.25) is 0 Å². The van der Waals surface area contributed by atoms with Gasteiger partial charge in [-0.25, -0.2) is 0 Å². The number of aromatic nitrogens is 1. The zero-order valence-electron chi connectivity index (χ0n) is 9.51. The minimum atomic E-state index is -0.0162. The van der Waals surface area contributed by atoms with Crippen LogP contribution >= 0.6 is 15.9 Å². The zero-order valence-corrected chi connectivity index (χ0v) is 11.1. The van der Waals surface area contributed by atoms with Gasteiger partial charge in [0.05, 0.1) is 5.52 Å². The molecular weight excluding hydrogens is 290 g/mol. The molecule has 3 heteroatoms. The van der Waals surface area contributed by atoms with E-state index in [-0.39, 0.29) is 5.91 Å². The fourth-order valence-corrected chi connectivity index (χ4v) is 2.57. The first-order valence-electron chi connectivity index (χ1n) is 5.63. The molecule has 3 rings (SSSR count). The Morgan fingerprint density at radius 3 is 2.39 bits per heavy atom. The number of carbonyl (C=O) groups excluding carboxylic acids is 1. The summed E-state index contributed by atoms with van der Waals surface area (Å²) in [6.07, 6.45) is 1.82. The van der Waals surface area contributed by atoms with Crippen LogP contribution in [0.25, 0.3) is 10.9 Å². The first kappa shape index (κ1) is 11.2. The highest BCUT2D eigenvalue weighted by molar-refractivity contribution is 9.10. The van der Waals surface area contributed by atoms with Crippen molar-refractivity contribution in [1.82, 2.24) is 4.57 Å². The minimum Gasteiger partial charge on any atom is -0.282 e. The highest BCUT2D eigenvalue weighted by atomic mass is 79.9. The molecule has 0 aliphatic carbocycles. The minimum absolute atomic E-state index is 0.0162. The maximum absolute atomic E-state index is 12.4. The second kappa shape index (κ2) is 4.42. The molecule has 0 saturated carbocycles. The summed E-state index contributed by atoms with van der Waals surface area (Å²) in [5.41, 5.74) is 1.60. The summed E-state index contributed by atoms with van der Waals surface area (Å²) < 4.78 is 2.61. The van der Waals surface area contributed by atoms with E-state index in [1.807, 2.05) is 60.8 Å². The molecule has 1 aromatic heterocycles. The van der Waals surface area contributed by atoms with Gasteiger partial charge in [-0.05, 0) is 34.1 Å². The number of benzene rings is 2. The van der Waals surface area contributed by atoms with Crippen molar-refractivity contribution in [3.05, 3.63) is 70.8 Å². The van der Waals surface area contributed by atoms with E-state index in [4.69, 9.17) is 0 Å². The van der Waals surface area contributed by atoms with Crippen molar-refractivity contribution in [2.75, 3.05) is 0 Å². The Bertz CT molecular complexity index is 716. The normalized spacial score (nSPS) is 10.7. The van der Waals surface area contributed by atoms with E-state index in [2.05, 4.69) is 15.9 Å². The third kappa shape index (κ3) is 1.77. The van der Waals surface area contributed by atoms with Gasteiger partial charge in [-0.1, -0.05) is 36.4 Å². The second-order valence-corrected chi connectivity index (χ2v) is 4.89. The Kier molecular flexibility index (Phi) is 2.76. The fourth-order valence-electron chi connectivity index (χ4n) is 2.03. The summed E-state index contributed by atoms with van der Waals surface area (Å²) >= 11 is 3.49. The molecule has 0 unspecified atom stereocenters. The summed E-state index contributed by atoms with van der Waals surface area (Å²) in [6.45, 7) is 0. The molecule has 1 heterocycles. The molecule has 18 heavy (non-hydrogen) atoms. The molecule has 0 spiro atoms. The topological polar surface area (TPSA) is 22.0 Å². The van der Waals surface area contributed by atoms with E-state index in [1.54, 1.807) is 4.57 Å². The third-order valence-electron chi connectivity index (χ3n) is 2.90. The van der Waals surface area contributed by atoms with Crippen molar-refractivity contribution >= 4 is 32.7 Å². The van der Waals surface area contributed by atoms with Crippen LogP contribution in [-0.2, 0) is 0 Å². The van der Waals surface area contributed by atoms with E-state index in [0.717, 1.165) is 15.4 Å². The van der Waals surface area contributed by atoms with Crippen LogP contribution in [0, 0.1) is 0 Å². The van der Waals surface area contributed by atoms with Gasteiger partial charge < -0.3 is 0 Å². The van der Waals surface area contributed by atoms with Crippen molar-refractivity contribution in [3.63, 3.8) is 0 Å². The molecule has 88 valence electrons.